The summed E-state index contributed by atoms with van der Waals surface area (Å²) < 4.78 is 0. The van der Waals surface area contributed by atoms with E-state index < -0.39 is 0 Å². The monoisotopic (exact) mass is 282 g/mol. The molecule has 5 heteroatoms. The Kier molecular flexibility index (Phi) is 5.02. The number of nitrogens with zero attached hydrogens (tertiary/aromatic N) is 2. The van der Waals surface area contributed by atoms with Gasteiger partial charge >= 0.3 is 0 Å². The lowest BCUT2D eigenvalue weighted by molar-refractivity contribution is -0.140. The Morgan fingerprint density at radius 1 is 1.20 bits per heavy atom. The summed E-state index contributed by atoms with van der Waals surface area (Å²) in [6.45, 7) is 3.77. The summed E-state index contributed by atoms with van der Waals surface area (Å²) in [4.78, 5) is 27.9. The maximum Gasteiger partial charge on any atom is 0.225 e. The number of aliphatic hydroxyl groups excluding tert-OH is 1. The Bertz CT molecular complexity index is 358. The van der Waals surface area contributed by atoms with Crippen LogP contribution >= 0.6 is 0 Å². The van der Waals surface area contributed by atoms with Crippen LogP contribution in [0.15, 0.2) is 0 Å². The van der Waals surface area contributed by atoms with Gasteiger partial charge in [-0.15, -0.1) is 0 Å². The first-order valence-corrected chi connectivity index (χ1v) is 7.71. The number of aliphatic hydroxyl groups is 1. The van der Waals surface area contributed by atoms with Gasteiger partial charge in [-0.25, -0.2) is 0 Å². The van der Waals surface area contributed by atoms with Gasteiger partial charge in [0.15, 0.2) is 0 Å². The Hall–Kier alpha value is -1.10. The fourth-order valence-corrected chi connectivity index (χ4v) is 2.74. The molecule has 0 aromatic rings. The molecule has 2 rings (SSSR count). The van der Waals surface area contributed by atoms with Crippen molar-refractivity contribution in [3.05, 3.63) is 0 Å². The van der Waals surface area contributed by atoms with Crippen LogP contribution in [0.4, 0.5) is 0 Å². The largest absolute Gasteiger partial charge is 0.393 e. The lowest BCUT2D eigenvalue weighted by Gasteiger charge is -2.33. The molecule has 2 amide bonds. The SMILES string of the molecule is CC(O)CCN(C)C(=O)C1CCN(C(=O)C2CC2)CC1. The third-order valence-corrected chi connectivity index (χ3v) is 4.34. The summed E-state index contributed by atoms with van der Waals surface area (Å²) in [5.74, 6) is 0.760. The quantitative estimate of drug-likeness (QED) is 0.814. The highest BCUT2D eigenvalue weighted by atomic mass is 16.3. The highest BCUT2D eigenvalue weighted by molar-refractivity contribution is 5.82. The zero-order valence-corrected chi connectivity index (χ0v) is 12.5. The fourth-order valence-electron chi connectivity index (χ4n) is 2.74. The second-order valence-electron chi connectivity index (χ2n) is 6.27. The van der Waals surface area contributed by atoms with Crippen molar-refractivity contribution in [3.63, 3.8) is 0 Å². The maximum atomic E-state index is 12.3. The number of hydrogen-bond acceptors (Lipinski definition) is 3. The molecule has 1 heterocycles. The third-order valence-electron chi connectivity index (χ3n) is 4.34. The van der Waals surface area contributed by atoms with Crippen molar-refractivity contribution >= 4 is 11.8 Å². The highest BCUT2D eigenvalue weighted by Gasteiger charge is 2.36. The first-order valence-electron chi connectivity index (χ1n) is 7.71. The molecule has 0 spiro atoms. The van der Waals surface area contributed by atoms with Crippen LogP contribution in [0.2, 0.25) is 0 Å². The van der Waals surface area contributed by atoms with E-state index in [9.17, 15) is 14.7 Å². The molecule has 0 aromatic heterocycles. The molecule has 5 nitrogen and oxygen atoms in total. The molecule has 1 saturated carbocycles. The summed E-state index contributed by atoms with van der Waals surface area (Å²) in [5, 5.41) is 9.26. The predicted octanol–water partition coefficient (Wildman–Crippen LogP) is 0.864. The molecule has 1 N–H and O–H groups in total. The number of amides is 2. The fraction of sp³-hybridized carbons (Fsp3) is 0.867. The number of piperidine rings is 1. The number of carbonyl (C=O) groups is 2. The van der Waals surface area contributed by atoms with E-state index in [1.165, 1.54) is 0 Å². The van der Waals surface area contributed by atoms with Crippen molar-refractivity contribution in [1.82, 2.24) is 9.80 Å². The zero-order chi connectivity index (χ0) is 14.7. The molecular weight excluding hydrogens is 256 g/mol. The molecule has 1 saturated heterocycles. The Morgan fingerprint density at radius 2 is 1.80 bits per heavy atom. The van der Waals surface area contributed by atoms with Gasteiger partial charge in [-0.05, 0) is 39.0 Å². The minimum atomic E-state index is -0.372. The van der Waals surface area contributed by atoms with Crippen LogP contribution in [0.25, 0.3) is 0 Å². The lowest BCUT2D eigenvalue weighted by atomic mass is 9.95. The summed E-state index contributed by atoms with van der Waals surface area (Å²) in [6.07, 6.45) is 3.87. The van der Waals surface area contributed by atoms with Crippen LogP contribution in [-0.2, 0) is 9.59 Å². The molecule has 0 bridgehead atoms. The van der Waals surface area contributed by atoms with Gasteiger partial charge in [0.1, 0.15) is 0 Å². The molecule has 0 aromatic carbocycles. The van der Waals surface area contributed by atoms with E-state index in [0.717, 1.165) is 38.8 Å². The Morgan fingerprint density at radius 3 is 2.30 bits per heavy atom. The van der Waals surface area contributed by atoms with Gasteiger partial charge in [0, 0.05) is 38.5 Å². The van der Waals surface area contributed by atoms with Crippen molar-refractivity contribution in [1.29, 1.82) is 0 Å². The van der Waals surface area contributed by atoms with Gasteiger partial charge in [-0.2, -0.15) is 0 Å². The van der Waals surface area contributed by atoms with Crippen LogP contribution in [0.5, 0.6) is 0 Å². The minimum absolute atomic E-state index is 0.0391. The van der Waals surface area contributed by atoms with Crippen LogP contribution in [0.3, 0.4) is 0 Å². The predicted molar refractivity (Wildman–Crippen MR) is 76.0 cm³/mol. The van der Waals surface area contributed by atoms with Gasteiger partial charge < -0.3 is 14.9 Å². The molecule has 20 heavy (non-hydrogen) atoms. The minimum Gasteiger partial charge on any atom is -0.393 e. The Balaban J connectivity index is 1.74. The van der Waals surface area contributed by atoms with E-state index in [0.29, 0.717) is 18.9 Å². The maximum absolute atomic E-state index is 12.3. The third kappa shape index (κ3) is 3.95. The molecule has 1 atom stereocenters. The van der Waals surface area contributed by atoms with Gasteiger partial charge in [-0.3, -0.25) is 9.59 Å². The summed E-state index contributed by atoms with van der Waals surface area (Å²) in [7, 11) is 1.80. The van der Waals surface area contributed by atoms with Crippen LogP contribution in [0, 0.1) is 11.8 Å². The molecule has 2 fully saturated rings. The summed E-state index contributed by atoms with van der Waals surface area (Å²) in [6, 6.07) is 0. The van der Waals surface area contributed by atoms with Crippen molar-refractivity contribution in [3.8, 4) is 0 Å². The van der Waals surface area contributed by atoms with Crippen LogP contribution in [0.1, 0.15) is 39.0 Å². The standard InChI is InChI=1S/C15H26N2O3/c1-11(18)5-8-16(2)14(19)13-6-9-17(10-7-13)15(20)12-3-4-12/h11-13,18H,3-10H2,1-2H3. The average Bonchev–Trinajstić information content (AvgIpc) is 3.28. The average molecular weight is 282 g/mol. The van der Waals surface area contributed by atoms with E-state index in [4.69, 9.17) is 0 Å². The van der Waals surface area contributed by atoms with Crippen molar-refractivity contribution < 1.29 is 14.7 Å². The van der Waals surface area contributed by atoms with Crippen molar-refractivity contribution in [2.45, 2.75) is 45.1 Å². The van der Waals surface area contributed by atoms with Crippen LogP contribution in [-0.4, -0.2) is 59.5 Å². The molecule has 0 radical (unpaired) electrons. The van der Waals surface area contributed by atoms with Gasteiger partial charge in [0.2, 0.25) is 11.8 Å². The van der Waals surface area contributed by atoms with Gasteiger partial charge in [0.05, 0.1) is 6.10 Å². The molecule has 114 valence electrons. The molecule has 1 aliphatic carbocycles. The second kappa shape index (κ2) is 6.57. The number of carbonyl (C=O) groups excluding carboxylic acids is 2. The number of likely N-dealkylation sites (tertiary alicyclic amines) is 1. The zero-order valence-electron chi connectivity index (χ0n) is 12.5. The molecular formula is C15H26N2O3. The summed E-state index contributed by atoms with van der Waals surface area (Å²) in [5.41, 5.74) is 0. The van der Waals surface area contributed by atoms with Gasteiger partial charge in [-0.1, -0.05) is 0 Å². The molecule has 2 aliphatic rings. The van der Waals surface area contributed by atoms with E-state index >= 15 is 0 Å². The first-order chi connectivity index (χ1) is 9.49. The van der Waals surface area contributed by atoms with Gasteiger partial charge in [0.25, 0.3) is 0 Å². The van der Waals surface area contributed by atoms with Crippen molar-refractivity contribution in [2.75, 3.05) is 26.7 Å². The smallest absolute Gasteiger partial charge is 0.225 e. The Labute approximate surface area is 120 Å². The van der Waals surface area contributed by atoms with E-state index in [1.54, 1.807) is 18.9 Å². The van der Waals surface area contributed by atoms with Crippen LogP contribution < -0.4 is 0 Å². The number of hydrogen-bond donors (Lipinski definition) is 1. The summed E-state index contributed by atoms with van der Waals surface area (Å²) >= 11 is 0. The number of rotatable bonds is 5. The molecule has 1 aliphatic heterocycles. The second-order valence-corrected chi connectivity index (χ2v) is 6.27. The van der Waals surface area contributed by atoms with E-state index in [1.807, 2.05) is 4.90 Å². The first kappa shape index (κ1) is 15.3. The normalized spacial score (nSPS) is 21.6. The molecule has 1 unspecified atom stereocenters. The van der Waals surface area contributed by atoms with E-state index in [-0.39, 0.29) is 23.8 Å². The van der Waals surface area contributed by atoms with Crippen molar-refractivity contribution in [2.24, 2.45) is 11.8 Å². The topological polar surface area (TPSA) is 60.9 Å². The highest BCUT2D eigenvalue weighted by Crippen LogP contribution is 2.32. The lowest BCUT2D eigenvalue weighted by Crippen LogP contribution is -2.44. The van der Waals surface area contributed by atoms with E-state index in [2.05, 4.69) is 0 Å².